The zero-order chi connectivity index (χ0) is 17.3. The van der Waals surface area contributed by atoms with Crippen molar-refractivity contribution in [3.05, 3.63) is 45.7 Å². The number of hydrogen-bond donors (Lipinski definition) is 0. The first-order valence-corrected chi connectivity index (χ1v) is 8.84. The lowest BCUT2D eigenvalue weighted by Crippen LogP contribution is -2.26. The van der Waals surface area contributed by atoms with Crippen molar-refractivity contribution in [2.45, 2.75) is 40.2 Å². The molecule has 1 amide bonds. The Morgan fingerprint density at radius 1 is 1.33 bits per heavy atom. The van der Waals surface area contributed by atoms with Crippen LogP contribution in [0, 0.1) is 13.8 Å². The highest BCUT2D eigenvalue weighted by atomic mass is 32.1. The topological polar surface area (TPSA) is 59.2 Å². The Kier molecular flexibility index (Phi) is 4.66. The van der Waals surface area contributed by atoms with Gasteiger partial charge in [-0.1, -0.05) is 23.9 Å². The molecule has 0 atom stereocenters. The van der Waals surface area contributed by atoms with Crippen LogP contribution in [0.3, 0.4) is 0 Å². The summed E-state index contributed by atoms with van der Waals surface area (Å²) in [6, 6.07) is 6.16. The third kappa shape index (κ3) is 3.06. The molecule has 0 aliphatic carbocycles. The highest BCUT2D eigenvalue weighted by Crippen LogP contribution is 2.28. The Hall–Kier alpha value is -2.21. The molecule has 0 unspecified atom stereocenters. The van der Waals surface area contributed by atoms with E-state index in [1.807, 2.05) is 19.9 Å². The fraction of sp³-hybridized carbons (Fsp3) is 0.389. The van der Waals surface area contributed by atoms with E-state index in [9.17, 15) is 4.79 Å². The molecule has 3 aromatic rings. The molecule has 0 saturated carbocycles. The number of aromatic nitrogens is 2. The van der Waals surface area contributed by atoms with Gasteiger partial charge in [0.25, 0.3) is 5.91 Å². The quantitative estimate of drug-likeness (QED) is 0.699. The second kappa shape index (κ2) is 6.73. The van der Waals surface area contributed by atoms with E-state index < -0.39 is 0 Å². The summed E-state index contributed by atoms with van der Waals surface area (Å²) >= 11 is 1.32. The number of nitrogens with zero attached hydrogens (tertiary/aromatic N) is 3. The summed E-state index contributed by atoms with van der Waals surface area (Å²) in [5.41, 5.74) is 3.80. The van der Waals surface area contributed by atoms with E-state index in [0.717, 1.165) is 39.9 Å². The summed E-state index contributed by atoms with van der Waals surface area (Å²) in [5, 5.41) is 5.01. The maximum atomic E-state index is 12.8. The molecule has 24 heavy (non-hydrogen) atoms. The minimum Gasteiger partial charge on any atom is -0.451 e. The molecule has 0 bridgehead atoms. The Bertz CT molecular complexity index is 882. The third-order valence-corrected chi connectivity index (χ3v) is 5.01. The number of carbonyl (C=O) groups is 1. The molecule has 0 N–H and O–H groups in total. The van der Waals surface area contributed by atoms with Crippen LogP contribution in [-0.2, 0) is 13.0 Å². The van der Waals surface area contributed by atoms with Gasteiger partial charge in [0, 0.05) is 18.0 Å². The van der Waals surface area contributed by atoms with Crippen LogP contribution in [0.2, 0.25) is 0 Å². The van der Waals surface area contributed by atoms with Crippen molar-refractivity contribution in [3.8, 4) is 0 Å². The van der Waals surface area contributed by atoms with Crippen LogP contribution >= 0.6 is 11.5 Å². The van der Waals surface area contributed by atoms with Crippen molar-refractivity contribution in [1.82, 2.24) is 14.5 Å². The molecular weight excluding hydrogens is 322 g/mol. The van der Waals surface area contributed by atoms with Crippen molar-refractivity contribution in [1.29, 1.82) is 0 Å². The molecule has 0 radical (unpaired) electrons. The standard InChI is InChI=1S/C18H21N3O2S/c1-5-6-13-7-8-15-14(9-13)11(2)17(23-15)18(22)21(4)10-16-12(3)19-20-24-16/h7-9H,5-6,10H2,1-4H3. The highest BCUT2D eigenvalue weighted by molar-refractivity contribution is 7.05. The minimum absolute atomic E-state index is 0.117. The van der Waals surface area contributed by atoms with Gasteiger partial charge in [0.15, 0.2) is 5.76 Å². The molecule has 2 heterocycles. The predicted molar refractivity (Wildman–Crippen MR) is 95.4 cm³/mol. The maximum Gasteiger partial charge on any atom is 0.289 e. The van der Waals surface area contributed by atoms with Gasteiger partial charge in [-0.05, 0) is 49.5 Å². The first kappa shape index (κ1) is 16.6. The first-order valence-electron chi connectivity index (χ1n) is 8.06. The monoisotopic (exact) mass is 343 g/mol. The normalized spacial score (nSPS) is 11.2. The van der Waals surface area contributed by atoms with Gasteiger partial charge in [0.1, 0.15) is 5.58 Å². The van der Waals surface area contributed by atoms with E-state index in [4.69, 9.17) is 4.42 Å². The Balaban J connectivity index is 1.89. The summed E-state index contributed by atoms with van der Waals surface area (Å²) in [7, 11) is 1.77. The number of carbonyl (C=O) groups excluding carboxylic acids is 1. The van der Waals surface area contributed by atoms with Gasteiger partial charge in [-0.3, -0.25) is 4.79 Å². The molecule has 0 saturated heterocycles. The molecule has 1 aromatic carbocycles. The Morgan fingerprint density at radius 3 is 2.79 bits per heavy atom. The smallest absolute Gasteiger partial charge is 0.289 e. The number of hydrogen-bond acceptors (Lipinski definition) is 5. The van der Waals surface area contributed by atoms with Gasteiger partial charge in [-0.25, -0.2) is 0 Å². The molecule has 0 spiro atoms. The molecule has 5 nitrogen and oxygen atoms in total. The number of rotatable bonds is 5. The molecule has 0 fully saturated rings. The number of amides is 1. The van der Waals surface area contributed by atoms with Crippen LogP contribution in [-0.4, -0.2) is 27.4 Å². The van der Waals surface area contributed by atoms with Crippen molar-refractivity contribution < 1.29 is 9.21 Å². The third-order valence-electron chi connectivity index (χ3n) is 4.21. The molecular formula is C18H21N3O2S. The molecule has 3 rings (SSSR count). The number of fused-ring (bicyclic) bond motifs is 1. The zero-order valence-corrected chi connectivity index (χ0v) is 15.2. The summed E-state index contributed by atoms with van der Waals surface area (Å²) in [4.78, 5) is 15.4. The van der Waals surface area contributed by atoms with Crippen molar-refractivity contribution in [2.75, 3.05) is 7.05 Å². The van der Waals surface area contributed by atoms with E-state index in [1.165, 1.54) is 17.1 Å². The van der Waals surface area contributed by atoms with Gasteiger partial charge in [0.2, 0.25) is 0 Å². The average Bonchev–Trinajstić information content (AvgIpc) is 3.11. The van der Waals surface area contributed by atoms with Crippen LogP contribution in [0.15, 0.2) is 22.6 Å². The van der Waals surface area contributed by atoms with Gasteiger partial charge in [-0.2, -0.15) is 0 Å². The number of benzene rings is 1. The van der Waals surface area contributed by atoms with E-state index in [2.05, 4.69) is 28.6 Å². The average molecular weight is 343 g/mol. The fourth-order valence-electron chi connectivity index (χ4n) is 2.77. The van der Waals surface area contributed by atoms with Crippen LogP contribution in [0.4, 0.5) is 0 Å². The van der Waals surface area contributed by atoms with Gasteiger partial charge >= 0.3 is 0 Å². The van der Waals surface area contributed by atoms with E-state index in [-0.39, 0.29) is 5.91 Å². The lowest BCUT2D eigenvalue weighted by atomic mass is 10.1. The number of aryl methyl sites for hydroxylation is 3. The first-order chi connectivity index (χ1) is 11.5. The van der Waals surface area contributed by atoms with Crippen molar-refractivity contribution in [2.24, 2.45) is 0 Å². The zero-order valence-electron chi connectivity index (χ0n) is 14.4. The fourth-order valence-corrected chi connectivity index (χ4v) is 3.46. The van der Waals surface area contributed by atoms with Crippen LogP contribution in [0.25, 0.3) is 11.0 Å². The van der Waals surface area contributed by atoms with E-state index >= 15 is 0 Å². The Morgan fingerprint density at radius 2 is 2.12 bits per heavy atom. The summed E-state index contributed by atoms with van der Waals surface area (Å²) in [6.07, 6.45) is 2.13. The van der Waals surface area contributed by atoms with E-state index in [1.54, 1.807) is 11.9 Å². The second-order valence-corrected chi connectivity index (χ2v) is 6.92. The molecule has 0 aliphatic heterocycles. The minimum atomic E-state index is -0.117. The van der Waals surface area contributed by atoms with Crippen molar-refractivity contribution >= 4 is 28.4 Å². The predicted octanol–water partition coefficient (Wildman–Crippen LogP) is 4.13. The summed E-state index contributed by atoms with van der Waals surface area (Å²) < 4.78 is 9.76. The highest BCUT2D eigenvalue weighted by Gasteiger charge is 2.22. The molecule has 2 aromatic heterocycles. The molecule has 6 heteroatoms. The van der Waals surface area contributed by atoms with Gasteiger partial charge in [-0.15, -0.1) is 5.10 Å². The lowest BCUT2D eigenvalue weighted by Gasteiger charge is -2.15. The SMILES string of the molecule is CCCc1ccc2oc(C(=O)N(C)Cc3snnc3C)c(C)c2c1. The van der Waals surface area contributed by atoms with Gasteiger partial charge < -0.3 is 9.32 Å². The van der Waals surface area contributed by atoms with Gasteiger partial charge in [0.05, 0.1) is 17.1 Å². The lowest BCUT2D eigenvalue weighted by molar-refractivity contribution is 0.0756. The van der Waals surface area contributed by atoms with Crippen molar-refractivity contribution in [3.63, 3.8) is 0 Å². The summed E-state index contributed by atoms with van der Waals surface area (Å²) in [5.74, 6) is 0.296. The van der Waals surface area contributed by atoms with Crippen LogP contribution in [0.5, 0.6) is 0 Å². The maximum absolute atomic E-state index is 12.8. The Labute approximate surface area is 145 Å². The largest absolute Gasteiger partial charge is 0.451 e. The number of furan rings is 1. The summed E-state index contributed by atoms with van der Waals surface area (Å²) in [6.45, 7) is 6.49. The second-order valence-electron chi connectivity index (χ2n) is 6.08. The van der Waals surface area contributed by atoms with E-state index in [0.29, 0.717) is 12.3 Å². The molecule has 0 aliphatic rings. The van der Waals surface area contributed by atoms with Crippen LogP contribution < -0.4 is 0 Å². The van der Waals surface area contributed by atoms with Crippen LogP contribution in [0.1, 0.15) is 45.6 Å². The molecule has 126 valence electrons.